The number of hydrogen-bond donors (Lipinski definition) is 1. The van der Waals surface area contributed by atoms with Gasteiger partial charge in [-0.2, -0.15) is 4.98 Å². The highest BCUT2D eigenvalue weighted by Crippen LogP contribution is 2.18. The van der Waals surface area contributed by atoms with Crippen LogP contribution < -0.4 is 5.32 Å². The van der Waals surface area contributed by atoms with Crippen molar-refractivity contribution in [2.45, 2.75) is 26.3 Å². The van der Waals surface area contributed by atoms with Crippen LogP contribution >= 0.6 is 0 Å². The molecule has 0 radical (unpaired) electrons. The molecule has 1 amide bonds. The molecule has 0 unspecified atom stereocenters. The molecule has 1 saturated heterocycles. The first-order valence-corrected chi connectivity index (χ1v) is 8.26. The van der Waals surface area contributed by atoms with E-state index in [4.69, 9.17) is 4.52 Å². The van der Waals surface area contributed by atoms with Gasteiger partial charge in [-0.3, -0.25) is 9.69 Å². The number of carbonyl (C=O) groups excluding carboxylic acids is 1. The van der Waals surface area contributed by atoms with Gasteiger partial charge in [-0.1, -0.05) is 11.2 Å². The summed E-state index contributed by atoms with van der Waals surface area (Å²) >= 11 is 0. The van der Waals surface area contributed by atoms with Crippen LogP contribution in [-0.4, -0.2) is 40.6 Å². The molecule has 0 atom stereocenters. The predicted octanol–water partition coefficient (Wildman–Crippen LogP) is 2.30. The molecule has 1 fully saturated rings. The predicted molar refractivity (Wildman–Crippen MR) is 85.7 cm³/mol. The maximum atomic E-state index is 13.6. The maximum absolute atomic E-state index is 13.6. The summed E-state index contributed by atoms with van der Waals surface area (Å²) in [5.41, 5.74) is -0.259. The number of piperidine rings is 1. The van der Waals surface area contributed by atoms with Crippen molar-refractivity contribution in [1.29, 1.82) is 0 Å². The topological polar surface area (TPSA) is 71.3 Å². The summed E-state index contributed by atoms with van der Waals surface area (Å²) in [7, 11) is 0. The molecule has 2 aromatic rings. The zero-order valence-electron chi connectivity index (χ0n) is 14.0. The van der Waals surface area contributed by atoms with Crippen molar-refractivity contribution in [3.05, 3.63) is 47.1 Å². The van der Waals surface area contributed by atoms with E-state index >= 15 is 0 Å². The monoisotopic (exact) mass is 350 g/mol. The largest absolute Gasteiger partial charge is 0.352 e. The van der Waals surface area contributed by atoms with Gasteiger partial charge in [-0.05, 0) is 44.0 Å². The van der Waals surface area contributed by atoms with E-state index in [9.17, 15) is 13.6 Å². The first-order valence-electron chi connectivity index (χ1n) is 8.26. The third kappa shape index (κ3) is 4.39. The molecule has 0 aliphatic carbocycles. The lowest BCUT2D eigenvalue weighted by Gasteiger charge is -2.31. The second kappa shape index (κ2) is 7.69. The number of rotatable bonds is 5. The average Bonchev–Trinajstić information content (AvgIpc) is 3.01. The Morgan fingerprint density at radius 1 is 1.36 bits per heavy atom. The average molecular weight is 350 g/mol. The van der Waals surface area contributed by atoms with Crippen molar-refractivity contribution in [2.24, 2.45) is 5.92 Å². The lowest BCUT2D eigenvalue weighted by atomic mass is 9.96. The molecular formula is C17H20F2N4O2. The summed E-state index contributed by atoms with van der Waals surface area (Å²) in [5, 5.41) is 6.59. The molecule has 1 aromatic heterocycles. The molecule has 0 bridgehead atoms. The Balaban J connectivity index is 1.44. The van der Waals surface area contributed by atoms with Gasteiger partial charge in [-0.15, -0.1) is 0 Å². The number of amides is 1. The van der Waals surface area contributed by atoms with Crippen molar-refractivity contribution < 1.29 is 18.1 Å². The normalized spacial score (nSPS) is 16.1. The first-order chi connectivity index (χ1) is 12.0. The highest BCUT2D eigenvalue weighted by Gasteiger charge is 2.22. The molecule has 0 saturated carbocycles. The van der Waals surface area contributed by atoms with Crippen molar-refractivity contribution in [3.8, 4) is 0 Å². The molecular weight excluding hydrogens is 330 g/mol. The van der Waals surface area contributed by atoms with Crippen LogP contribution in [0.5, 0.6) is 0 Å². The van der Waals surface area contributed by atoms with Crippen LogP contribution in [-0.2, 0) is 6.54 Å². The smallest absolute Gasteiger partial charge is 0.254 e. The molecule has 6 nitrogen and oxygen atoms in total. The Morgan fingerprint density at radius 3 is 2.80 bits per heavy atom. The maximum Gasteiger partial charge on any atom is 0.254 e. The van der Waals surface area contributed by atoms with Crippen molar-refractivity contribution in [3.63, 3.8) is 0 Å². The third-order valence-electron chi connectivity index (χ3n) is 4.39. The molecule has 134 valence electrons. The number of aromatic nitrogens is 2. The van der Waals surface area contributed by atoms with E-state index in [1.165, 1.54) is 12.1 Å². The summed E-state index contributed by atoms with van der Waals surface area (Å²) in [6, 6.07) is 3.60. The fourth-order valence-corrected chi connectivity index (χ4v) is 2.97. The Bertz CT molecular complexity index is 742. The number of aryl methyl sites for hydroxylation is 1. The van der Waals surface area contributed by atoms with Crippen LogP contribution in [0.2, 0.25) is 0 Å². The highest BCUT2D eigenvalue weighted by molar-refractivity contribution is 5.94. The minimum Gasteiger partial charge on any atom is -0.352 e. The molecule has 0 spiro atoms. The minimum atomic E-state index is -1.11. The molecule has 25 heavy (non-hydrogen) atoms. The summed E-state index contributed by atoms with van der Waals surface area (Å²) in [4.78, 5) is 18.4. The molecule has 1 aliphatic heterocycles. The first kappa shape index (κ1) is 17.5. The zero-order chi connectivity index (χ0) is 17.8. The van der Waals surface area contributed by atoms with Gasteiger partial charge in [-0.25, -0.2) is 8.78 Å². The fraction of sp³-hybridized carbons (Fsp3) is 0.471. The lowest BCUT2D eigenvalue weighted by Crippen LogP contribution is -2.38. The SMILES string of the molecule is Cc1nc(CN2CCC(CNC(=O)c3cccc(F)c3F)CC2)no1. The van der Waals surface area contributed by atoms with Crippen molar-refractivity contribution in [2.75, 3.05) is 19.6 Å². The van der Waals surface area contributed by atoms with Crippen LogP contribution in [0.3, 0.4) is 0 Å². The van der Waals surface area contributed by atoms with Crippen molar-refractivity contribution in [1.82, 2.24) is 20.4 Å². The number of halogens is 2. The van der Waals surface area contributed by atoms with E-state index in [0.717, 1.165) is 32.0 Å². The number of benzene rings is 1. The fourth-order valence-electron chi connectivity index (χ4n) is 2.97. The molecule has 2 heterocycles. The van der Waals surface area contributed by atoms with E-state index in [0.29, 0.717) is 30.7 Å². The van der Waals surface area contributed by atoms with Gasteiger partial charge < -0.3 is 9.84 Å². The molecule has 3 rings (SSSR count). The van der Waals surface area contributed by atoms with Crippen LogP contribution in [0.25, 0.3) is 0 Å². The second-order valence-electron chi connectivity index (χ2n) is 6.26. The van der Waals surface area contributed by atoms with Gasteiger partial charge in [0, 0.05) is 13.5 Å². The van der Waals surface area contributed by atoms with Gasteiger partial charge in [0.05, 0.1) is 12.1 Å². The number of carbonyl (C=O) groups is 1. The molecule has 1 N–H and O–H groups in total. The summed E-state index contributed by atoms with van der Waals surface area (Å²) in [6.07, 6.45) is 1.81. The number of nitrogens with zero attached hydrogens (tertiary/aromatic N) is 3. The van der Waals surface area contributed by atoms with Gasteiger partial charge in [0.15, 0.2) is 17.5 Å². The van der Waals surface area contributed by atoms with E-state index < -0.39 is 17.5 Å². The quantitative estimate of drug-likeness (QED) is 0.896. The molecule has 1 aromatic carbocycles. The molecule has 8 heteroatoms. The van der Waals surface area contributed by atoms with E-state index in [-0.39, 0.29) is 5.56 Å². The van der Waals surface area contributed by atoms with E-state index in [2.05, 4.69) is 20.4 Å². The number of likely N-dealkylation sites (tertiary alicyclic amines) is 1. The summed E-state index contributed by atoms with van der Waals surface area (Å²) in [5.74, 6) is -1.17. The summed E-state index contributed by atoms with van der Waals surface area (Å²) < 4.78 is 31.8. The van der Waals surface area contributed by atoms with E-state index in [1.807, 2.05) is 0 Å². The lowest BCUT2D eigenvalue weighted by molar-refractivity contribution is 0.0929. The van der Waals surface area contributed by atoms with Gasteiger partial charge >= 0.3 is 0 Å². The Hall–Kier alpha value is -2.35. The Morgan fingerprint density at radius 2 is 2.12 bits per heavy atom. The zero-order valence-corrected chi connectivity index (χ0v) is 14.0. The second-order valence-corrected chi connectivity index (χ2v) is 6.26. The van der Waals surface area contributed by atoms with Crippen LogP contribution in [0.1, 0.15) is 34.9 Å². The van der Waals surface area contributed by atoms with Crippen LogP contribution in [0, 0.1) is 24.5 Å². The van der Waals surface area contributed by atoms with Gasteiger partial charge in [0.2, 0.25) is 5.89 Å². The van der Waals surface area contributed by atoms with E-state index in [1.54, 1.807) is 6.92 Å². The van der Waals surface area contributed by atoms with Crippen molar-refractivity contribution >= 4 is 5.91 Å². The minimum absolute atomic E-state index is 0.259. The number of nitrogens with one attached hydrogen (secondary N) is 1. The Kier molecular flexibility index (Phi) is 5.37. The highest BCUT2D eigenvalue weighted by atomic mass is 19.2. The van der Waals surface area contributed by atoms with Gasteiger partial charge in [0.25, 0.3) is 5.91 Å². The van der Waals surface area contributed by atoms with Gasteiger partial charge in [0.1, 0.15) is 0 Å². The Labute approximate surface area is 144 Å². The van der Waals surface area contributed by atoms with Crippen LogP contribution in [0.15, 0.2) is 22.7 Å². The summed E-state index contributed by atoms with van der Waals surface area (Å²) in [6.45, 7) is 4.58. The molecule has 1 aliphatic rings. The number of hydrogen-bond acceptors (Lipinski definition) is 5. The third-order valence-corrected chi connectivity index (χ3v) is 4.39. The standard InChI is InChI=1S/C17H20F2N4O2/c1-11-21-15(22-25-11)10-23-7-5-12(6-8-23)9-20-17(24)13-3-2-4-14(18)16(13)19/h2-4,12H,5-10H2,1H3,(H,20,24). The van der Waals surface area contributed by atoms with Crippen LogP contribution in [0.4, 0.5) is 8.78 Å².